The number of hydrogen-bond acceptors (Lipinski definition) is 5. The second kappa shape index (κ2) is 6.38. The van der Waals surface area contributed by atoms with Gasteiger partial charge in [0.25, 0.3) is 0 Å². The van der Waals surface area contributed by atoms with E-state index in [1.54, 1.807) is 13.3 Å². The number of nitrogens with zero attached hydrogens (tertiary/aromatic N) is 2. The number of aromatic nitrogens is 2. The molecule has 0 bridgehead atoms. The van der Waals surface area contributed by atoms with E-state index in [9.17, 15) is 0 Å². The lowest BCUT2D eigenvalue weighted by atomic mass is 10.3. The maximum Gasteiger partial charge on any atom is 0.232 e. The summed E-state index contributed by atoms with van der Waals surface area (Å²) in [5.74, 6) is 1.69. The molecule has 0 fully saturated rings. The highest BCUT2D eigenvalue weighted by atomic mass is 79.9. The third-order valence-corrected chi connectivity index (χ3v) is 2.89. The Morgan fingerprint density at radius 3 is 2.84 bits per heavy atom. The average molecular weight is 324 g/mol. The number of nitrogens with one attached hydrogen (secondary N) is 1. The van der Waals surface area contributed by atoms with Gasteiger partial charge < -0.3 is 14.8 Å². The molecule has 0 saturated heterocycles. The number of para-hydroxylation sites is 2. The van der Waals surface area contributed by atoms with Crippen LogP contribution in [-0.2, 0) is 0 Å². The Bertz CT molecular complexity index is 563. The van der Waals surface area contributed by atoms with E-state index in [1.165, 1.54) is 0 Å². The number of rotatable bonds is 5. The molecule has 0 aliphatic rings. The zero-order chi connectivity index (χ0) is 13.7. The predicted octanol–water partition coefficient (Wildman–Crippen LogP) is 3.39. The van der Waals surface area contributed by atoms with Crippen molar-refractivity contribution in [3.8, 4) is 11.6 Å². The zero-order valence-corrected chi connectivity index (χ0v) is 12.3. The minimum Gasteiger partial charge on any atom is -0.495 e. The van der Waals surface area contributed by atoms with Gasteiger partial charge in [-0.2, -0.15) is 4.98 Å². The van der Waals surface area contributed by atoms with Crippen LogP contribution in [0.15, 0.2) is 34.9 Å². The molecule has 0 amide bonds. The van der Waals surface area contributed by atoms with E-state index in [0.717, 1.165) is 15.9 Å². The topological polar surface area (TPSA) is 56.3 Å². The summed E-state index contributed by atoms with van der Waals surface area (Å²) in [5.41, 5.74) is 0.801. The van der Waals surface area contributed by atoms with Crippen LogP contribution in [0.5, 0.6) is 11.6 Å². The van der Waals surface area contributed by atoms with Gasteiger partial charge in [0.15, 0.2) is 0 Å². The van der Waals surface area contributed by atoms with Crippen molar-refractivity contribution >= 4 is 27.6 Å². The third kappa shape index (κ3) is 3.35. The monoisotopic (exact) mass is 323 g/mol. The summed E-state index contributed by atoms with van der Waals surface area (Å²) in [7, 11) is 1.62. The van der Waals surface area contributed by atoms with E-state index in [2.05, 4.69) is 31.2 Å². The molecule has 2 rings (SSSR count). The van der Waals surface area contributed by atoms with Crippen LogP contribution in [0.25, 0.3) is 0 Å². The van der Waals surface area contributed by atoms with E-state index in [0.29, 0.717) is 18.4 Å². The Morgan fingerprint density at radius 2 is 2.11 bits per heavy atom. The van der Waals surface area contributed by atoms with Crippen molar-refractivity contribution in [3.63, 3.8) is 0 Å². The molecule has 0 aliphatic heterocycles. The first kappa shape index (κ1) is 13.6. The molecule has 1 heterocycles. The Hall–Kier alpha value is -1.82. The maximum absolute atomic E-state index is 5.40. The van der Waals surface area contributed by atoms with Gasteiger partial charge in [-0.3, -0.25) is 0 Å². The molecule has 0 unspecified atom stereocenters. The number of benzene rings is 1. The van der Waals surface area contributed by atoms with Crippen LogP contribution in [0.2, 0.25) is 0 Å². The van der Waals surface area contributed by atoms with Crippen molar-refractivity contribution in [2.24, 2.45) is 0 Å². The highest BCUT2D eigenvalue weighted by Crippen LogP contribution is 2.28. The molecule has 0 atom stereocenters. The van der Waals surface area contributed by atoms with E-state index in [4.69, 9.17) is 9.47 Å². The Balaban J connectivity index is 2.25. The average Bonchev–Trinajstić information content (AvgIpc) is 2.43. The molecular formula is C13H14BrN3O2. The smallest absolute Gasteiger partial charge is 0.232 e. The summed E-state index contributed by atoms with van der Waals surface area (Å²) in [6.07, 6.45) is 1.65. The standard InChI is InChI=1S/C13H14BrN3O2/c1-3-19-12-9(14)8-15-13(17-12)16-10-6-4-5-7-11(10)18-2/h4-8H,3H2,1-2H3,(H,15,16,17). The highest BCUT2D eigenvalue weighted by Gasteiger charge is 2.08. The Labute approximate surface area is 120 Å². The second-order valence-corrected chi connectivity index (χ2v) is 4.46. The van der Waals surface area contributed by atoms with Crippen LogP contribution in [0, 0.1) is 0 Å². The summed E-state index contributed by atoms with van der Waals surface area (Å²) in [4.78, 5) is 8.47. The van der Waals surface area contributed by atoms with Crippen molar-refractivity contribution in [3.05, 3.63) is 34.9 Å². The molecule has 1 aromatic heterocycles. The normalized spacial score (nSPS) is 10.1. The summed E-state index contributed by atoms with van der Waals surface area (Å²) in [6, 6.07) is 7.57. The Morgan fingerprint density at radius 1 is 1.32 bits per heavy atom. The number of hydrogen-bond donors (Lipinski definition) is 1. The first-order valence-corrected chi connectivity index (χ1v) is 6.59. The van der Waals surface area contributed by atoms with Gasteiger partial charge in [0, 0.05) is 0 Å². The van der Waals surface area contributed by atoms with Gasteiger partial charge in [0.2, 0.25) is 11.8 Å². The fraction of sp³-hybridized carbons (Fsp3) is 0.231. The van der Waals surface area contributed by atoms with Gasteiger partial charge in [-0.05, 0) is 35.0 Å². The number of methoxy groups -OCH3 is 1. The quantitative estimate of drug-likeness (QED) is 0.914. The van der Waals surface area contributed by atoms with E-state index in [-0.39, 0.29) is 0 Å². The molecule has 2 aromatic rings. The molecule has 5 nitrogen and oxygen atoms in total. The fourth-order valence-corrected chi connectivity index (χ4v) is 1.82. The van der Waals surface area contributed by atoms with Gasteiger partial charge in [0.05, 0.1) is 30.1 Å². The van der Waals surface area contributed by atoms with E-state index >= 15 is 0 Å². The van der Waals surface area contributed by atoms with Crippen LogP contribution >= 0.6 is 15.9 Å². The third-order valence-electron chi connectivity index (χ3n) is 2.35. The lowest BCUT2D eigenvalue weighted by Crippen LogP contribution is -2.02. The minimum atomic E-state index is 0.455. The molecule has 19 heavy (non-hydrogen) atoms. The van der Waals surface area contributed by atoms with Crippen molar-refractivity contribution in [2.75, 3.05) is 19.0 Å². The predicted molar refractivity (Wildman–Crippen MR) is 77.2 cm³/mol. The molecular weight excluding hydrogens is 310 g/mol. The number of halogens is 1. The van der Waals surface area contributed by atoms with Crippen LogP contribution in [0.4, 0.5) is 11.6 Å². The van der Waals surface area contributed by atoms with Gasteiger partial charge in [-0.15, -0.1) is 0 Å². The summed E-state index contributed by atoms with van der Waals surface area (Å²) in [5, 5.41) is 3.10. The highest BCUT2D eigenvalue weighted by molar-refractivity contribution is 9.10. The molecule has 100 valence electrons. The van der Waals surface area contributed by atoms with Gasteiger partial charge >= 0.3 is 0 Å². The van der Waals surface area contributed by atoms with Crippen LogP contribution in [-0.4, -0.2) is 23.7 Å². The number of anilines is 2. The number of ether oxygens (including phenoxy) is 2. The van der Waals surface area contributed by atoms with Crippen molar-refractivity contribution in [1.82, 2.24) is 9.97 Å². The summed E-state index contributed by atoms with van der Waals surface area (Å²) >= 11 is 3.34. The minimum absolute atomic E-state index is 0.455. The molecule has 0 radical (unpaired) electrons. The fourth-order valence-electron chi connectivity index (χ4n) is 1.52. The largest absolute Gasteiger partial charge is 0.495 e. The van der Waals surface area contributed by atoms with E-state index < -0.39 is 0 Å². The SMILES string of the molecule is CCOc1nc(Nc2ccccc2OC)ncc1Br. The van der Waals surface area contributed by atoms with Gasteiger partial charge in [-0.25, -0.2) is 4.98 Å². The van der Waals surface area contributed by atoms with Crippen LogP contribution < -0.4 is 14.8 Å². The van der Waals surface area contributed by atoms with Crippen LogP contribution in [0.3, 0.4) is 0 Å². The molecule has 0 saturated carbocycles. The van der Waals surface area contributed by atoms with Crippen molar-refractivity contribution < 1.29 is 9.47 Å². The van der Waals surface area contributed by atoms with Gasteiger partial charge in [-0.1, -0.05) is 12.1 Å². The Kier molecular flexibility index (Phi) is 4.57. The van der Waals surface area contributed by atoms with Crippen molar-refractivity contribution in [2.45, 2.75) is 6.92 Å². The molecule has 1 aromatic carbocycles. The van der Waals surface area contributed by atoms with Crippen LogP contribution in [0.1, 0.15) is 6.92 Å². The van der Waals surface area contributed by atoms with Gasteiger partial charge in [0.1, 0.15) is 5.75 Å². The first-order chi connectivity index (χ1) is 9.24. The molecule has 6 heteroatoms. The summed E-state index contributed by atoms with van der Waals surface area (Å²) in [6.45, 7) is 2.45. The first-order valence-electron chi connectivity index (χ1n) is 5.80. The maximum atomic E-state index is 5.40. The molecule has 0 spiro atoms. The molecule has 1 N–H and O–H groups in total. The van der Waals surface area contributed by atoms with Crippen molar-refractivity contribution in [1.29, 1.82) is 0 Å². The lowest BCUT2D eigenvalue weighted by Gasteiger charge is -2.11. The van der Waals surface area contributed by atoms with E-state index in [1.807, 2.05) is 31.2 Å². The zero-order valence-electron chi connectivity index (χ0n) is 10.7. The summed E-state index contributed by atoms with van der Waals surface area (Å²) < 4.78 is 11.4. The second-order valence-electron chi connectivity index (χ2n) is 3.60. The molecule has 0 aliphatic carbocycles. The lowest BCUT2D eigenvalue weighted by molar-refractivity contribution is 0.324.